The Morgan fingerprint density at radius 3 is 2.70 bits per heavy atom. The fourth-order valence-electron chi connectivity index (χ4n) is 2.59. The van der Waals surface area contributed by atoms with Crippen LogP contribution in [-0.2, 0) is 6.54 Å². The van der Waals surface area contributed by atoms with Gasteiger partial charge in [-0.05, 0) is 31.3 Å². The Morgan fingerprint density at radius 2 is 2.04 bits per heavy atom. The number of thiocarbonyl (C=S) groups is 1. The van der Waals surface area contributed by atoms with Gasteiger partial charge in [0.05, 0.1) is 11.4 Å². The minimum absolute atomic E-state index is 0.296. The molecule has 1 aliphatic heterocycles. The van der Waals surface area contributed by atoms with Gasteiger partial charge in [-0.1, -0.05) is 17.3 Å². The number of nitrogens with zero attached hydrogens (tertiary/aromatic N) is 3. The van der Waals surface area contributed by atoms with Crippen LogP contribution in [0.2, 0.25) is 0 Å². The Bertz CT molecular complexity index is 682. The minimum atomic E-state index is -0.296. The van der Waals surface area contributed by atoms with Gasteiger partial charge in [-0.2, -0.15) is 0 Å². The van der Waals surface area contributed by atoms with Gasteiger partial charge in [0.15, 0.2) is 5.11 Å². The van der Waals surface area contributed by atoms with Crippen molar-refractivity contribution in [3.63, 3.8) is 0 Å². The number of hydrogen-bond acceptors (Lipinski definition) is 4. The molecule has 1 saturated heterocycles. The van der Waals surface area contributed by atoms with Gasteiger partial charge in [0, 0.05) is 38.8 Å². The number of benzene rings is 1. The zero-order valence-electron chi connectivity index (χ0n) is 13.0. The summed E-state index contributed by atoms with van der Waals surface area (Å²) in [6.07, 6.45) is 0. The molecule has 0 spiro atoms. The van der Waals surface area contributed by atoms with Crippen LogP contribution < -0.4 is 5.32 Å². The third kappa shape index (κ3) is 4.05. The maximum Gasteiger partial charge on any atom is 0.173 e. The lowest BCUT2D eigenvalue weighted by atomic mass is 10.3. The lowest BCUT2D eigenvalue weighted by Gasteiger charge is -2.35. The predicted molar refractivity (Wildman–Crippen MR) is 90.7 cm³/mol. The molecule has 7 heteroatoms. The zero-order chi connectivity index (χ0) is 16.2. The number of hydrogen-bond donors (Lipinski definition) is 1. The first kappa shape index (κ1) is 15.9. The second-order valence-electron chi connectivity index (χ2n) is 5.60. The second kappa shape index (κ2) is 7.06. The standard InChI is InChI=1S/C16H19FN4OS/c1-12-10-13(19-22-12)11-20-6-8-21(9-7-20)16(23)18-15-5-3-2-4-14(15)17/h2-5,10H,6-9,11H2,1H3,(H,18,23). The van der Waals surface area contributed by atoms with Crippen LogP contribution in [0.25, 0.3) is 0 Å². The van der Waals surface area contributed by atoms with Crippen molar-refractivity contribution in [3.05, 3.63) is 47.6 Å². The Balaban J connectivity index is 1.50. The third-order valence-corrected chi connectivity index (χ3v) is 4.20. The fraction of sp³-hybridized carbons (Fsp3) is 0.375. The SMILES string of the molecule is Cc1cc(CN2CCN(C(=S)Nc3ccccc3F)CC2)no1. The van der Waals surface area contributed by atoms with Gasteiger partial charge in [-0.25, -0.2) is 4.39 Å². The molecule has 0 radical (unpaired) electrons. The van der Waals surface area contributed by atoms with Crippen molar-refractivity contribution < 1.29 is 8.91 Å². The molecule has 0 saturated carbocycles. The number of nitrogens with one attached hydrogen (secondary N) is 1. The van der Waals surface area contributed by atoms with E-state index in [2.05, 4.69) is 20.3 Å². The van der Waals surface area contributed by atoms with Crippen LogP contribution in [0.1, 0.15) is 11.5 Å². The van der Waals surface area contributed by atoms with Gasteiger partial charge < -0.3 is 14.7 Å². The average molecular weight is 334 g/mol. The molecular formula is C16H19FN4OS. The summed E-state index contributed by atoms with van der Waals surface area (Å²) in [6, 6.07) is 8.50. The highest BCUT2D eigenvalue weighted by atomic mass is 32.1. The van der Waals surface area contributed by atoms with E-state index in [1.165, 1.54) is 6.07 Å². The molecule has 0 unspecified atom stereocenters. The van der Waals surface area contributed by atoms with Gasteiger partial charge in [0.1, 0.15) is 11.6 Å². The number of aromatic nitrogens is 1. The van der Waals surface area contributed by atoms with Crippen molar-refractivity contribution in [1.29, 1.82) is 0 Å². The van der Waals surface area contributed by atoms with Crippen molar-refractivity contribution >= 4 is 23.0 Å². The maximum absolute atomic E-state index is 13.7. The van der Waals surface area contributed by atoms with E-state index in [4.69, 9.17) is 16.7 Å². The normalized spacial score (nSPS) is 15.7. The van der Waals surface area contributed by atoms with E-state index < -0.39 is 0 Å². The van der Waals surface area contributed by atoms with E-state index in [9.17, 15) is 4.39 Å². The first-order valence-corrected chi connectivity index (χ1v) is 7.97. The van der Waals surface area contributed by atoms with Crippen LogP contribution in [0, 0.1) is 12.7 Å². The van der Waals surface area contributed by atoms with Crippen LogP contribution in [0.15, 0.2) is 34.9 Å². The molecule has 0 atom stereocenters. The van der Waals surface area contributed by atoms with Crippen molar-refractivity contribution in [3.8, 4) is 0 Å². The third-order valence-electron chi connectivity index (χ3n) is 3.84. The molecule has 1 N–H and O–H groups in total. The summed E-state index contributed by atoms with van der Waals surface area (Å²) in [5.74, 6) is 0.531. The molecule has 0 amide bonds. The molecule has 3 rings (SSSR count). The van der Waals surface area contributed by atoms with Crippen molar-refractivity contribution in [1.82, 2.24) is 15.0 Å². The molecule has 1 aromatic carbocycles. The van der Waals surface area contributed by atoms with E-state index in [0.29, 0.717) is 10.8 Å². The first-order chi connectivity index (χ1) is 11.1. The predicted octanol–water partition coefficient (Wildman–Crippen LogP) is 2.64. The summed E-state index contributed by atoms with van der Waals surface area (Å²) in [5, 5.41) is 7.57. The zero-order valence-corrected chi connectivity index (χ0v) is 13.8. The van der Waals surface area contributed by atoms with Crippen molar-refractivity contribution in [2.45, 2.75) is 13.5 Å². The molecule has 1 aliphatic rings. The van der Waals surface area contributed by atoms with Gasteiger partial charge >= 0.3 is 0 Å². The summed E-state index contributed by atoms with van der Waals surface area (Å²) in [5.41, 5.74) is 1.36. The largest absolute Gasteiger partial charge is 0.361 e. The monoisotopic (exact) mass is 334 g/mol. The fourth-order valence-corrected chi connectivity index (χ4v) is 2.88. The summed E-state index contributed by atoms with van der Waals surface area (Å²) in [4.78, 5) is 4.37. The number of rotatable bonds is 3. The van der Waals surface area contributed by atoms with Crippen LogP contribution >= 0.6 is 12.2 Å². The van der Waals surface area contributed by atoms with Crippen LogP contribution in [0.5, 0.6) is 0 Å². The summed E-state index contributed by atoms with van der Waals surface area (Å²) in [6.45, 7) is 6.03. The number of anilines is 1. The molecule has 2 heterocycles. The summed E-state index contributed by atoms with van der Waals surface area (Å²) < 4.78 is 18.7. The van der Waals surface area contributed by atoms with Gasteiger partial charge in [-0.15, -0.1) is 0 Å². The molecule has 5 nitrogen and oxygen atoms in total. The second-order valence-corrected chi connectivity index (χ2v) is 5.99. The number of aryl methyl sites for hydroxylation is 1. The first-order valence-electron chi connectivity index (χ1n) is 7.57. The quantitative estimate of drug-likeness (QED) is 0.871. The Hall–Kier alpha value is -1.99. The lowest BCUT2D eigenvalue weighted by molar-refractivity contribution is 0.173. The van der Waals surface area contributed by atoms with Gasteiger partial charge in [0.25, 0.3) is 0 Å². The topological polar surface area (TPSA) is 44.5 Å². The van der Waals surface area contributed by atoms with E-state index in [-0.39, 0.29) is 5.82 Å². The van der Waals surface area contributed by atoms with Crippen molar-refractivity contribution in [2.75, 3.05) is 31.5 Å². The van der Waals surface area contributed by atoms with E-state index in [0.717, 1.165) is 44.2 Å². The van der Waals surface area contributed by atoms with Gasteiger partial charge in [-0.3, -0.25) is 4.90 Å². The highest BCUT2D eigenvalue weighted by Gasteiger charge is 2.20. The highest BCUT2D eigenvalue weighted by molar-refractivity contribution is 7.80. The number of piperazine rings is 1. The summed E-state index contributed by atoms with van der Waals surface area (Å²) in [7, 11) is 0. The number of para-hydroxylation sites is 1. The van der Waals surface area contributed by atoms with E-state index in [1.807, 2.05) is 13.0 Å². The van der Waals surface area contributed by atoms with Crippen LogP contribution in [-0.4, -0.2) is 46.2 Å². The van der Waals surface area contributed by atoms with E-state index in [1.54, 1.807) is 18.2 Å². The lowest BCUT2D eigenvalue weighted by Crippen LogP contribution is -2.49. The van der Waals surface area contributed by atoms with E-state index >= 15 is 0 Å². The highest BCUT2D eigenvalue weighted by Crippen LogP contribution is 2.15. The number of halogens is 1. The smallest absolute Gasteiger partial charge is 0.173 e. The molecule has 23 heavy (non-hydrogen) atoms. The van der Waals surface area contributed by atoms with Crippen molar-refractivity contribution in [2.24, 2.45) is 0 Å². The molecule has 1 aromatic heterocycles. The summed E-state index contributed by atoms with van der Waals surface area (Å²) >= 11 is 5.39. The molecule has 2 aromatic rings. The van der Waals surface area contributed by atoms with Crippen LogP contribution in [0.4, 0.5) is 10.1 Å². The molecule has 1 fully saturated rings. The minimum Gasteiger partial charge on any atom is -0.361 e. The average Bonchev–Trinajstić information content (AvgIpc) is 2.95. The molecule has 0 aliphatic carbocycles. The van der Waals surface area contributed by atoms with Gasteiger partial charge in [0.2, 0.25) is 0 Å². The Labute approximate surface area is 140 Å². The Morgan fingerprint density at radius 1 is 1.30 bits per heavy atom. The molecule has 122 valence electrons. The molecular weight excluding hydrogens is 315 g/mol. The molecule has 0 bridgehead atoms. The Kier molecular flexibility index (Phi) is 4.88. The van der Waals surface area contributed by atoms with Crippen LogP contribution in [0.3, 0.4) is 0 Å². The maximum atomic E-state index is 13.7.